The fourth-order valence-corrected chi connectivity index (χ4v) is 4.52. The van der Waals surface area contributed by atoms with Crippen molar-refractivity contribution in [3.05, 3.63) is 71.6 Å². The quantitative estimate of drug-likeness (QED) is 0.539. The summed E-state index contributed by atoms with van der Waals surface area (Å²) in [5, 5.41) is 0. The van der Waals surface area contributed by atoms with E-state index in [0.717, 1.165) is 28.6 Å². The fourth-order valence-electron chi connectivity index (χ4n) is 3.03. The molecular weight excluding hydrogens is 424 g/mol. The first-order valence-corrected chi connectivity index (χ1v) is 10.4. The molecule has 0 aliphatic carbocycles. The Bertz CT molecular complexity index is 1060. The maximum Gasteiger partial charge on any atom is 0.416 e. The summed E-state index contributed by atoms with van der Waals surface area (Å²) >= 11 is 0. The number of benzene rings is 2. The number of carbonyl (C=O) groups is 1. The lowest BCUT2D eigenvalue weighted by Gasteiger charge is -2.33. The number of sulfonamides is 1. The van der Waals surface area contributed by atoms with Crippen molar-refractivity contribution in [2.45, 2.75) is 11.1 Å². The van der Waals surface area contributed by atoms with E-state index >= 15 is 0 Å². The number of nitrogens with zero attached hydrogens (tertiary/aromatic N) is 2. The number of carbonyl (C=O) groups excluding carboxylic acids is 1. The minimum Gasteiger partial charge on any atom is -0.337 e. The number of hydrogen-bond acceptors (Lipinski definition) is 3. The van der Waals surface area contributed by atoms with Gasteiger partial charge in [-0.3, -0.25) is 4.79 Å². The van der Waals surface area contributed by atoms with E-state index in [1.807, 2.05) is 0 Å². The molecule has 2 aromatic rings. The average molecular weight is 442 g/mol. The molecule has 0 aromatic heterocycles. The van der Waals surface area contributed by atoms with Crippen LogP contribution >= 0.6 is 0 Å². The number of hydrogen-bond donors (Lipinski definition) is 0. The second-order valence-corrected chi connectivity index (χ2v) is 8.52. The Kier molecular flexibility index (Phi) is 6.27. The molecule has 1 saturated heterocycles. The molecule has 160 valence electrons. The first-order valence-electron chi connectivity index (χ1n) is 8.98. The van der Waals surface area contributed by atoms with Crippen LogP contribution in [0.25, 0.3) is 6.08 Å². The van der Waals surface area contributed by atoms with Gasteiger partial charge in [-0.1, -0.05) is 24.3 Å². The zero-order valence-corrected chi connectivity index (χ0v) is 16.5. The summed E-state index contributed by atoms with van der Waals surface area (Å²) in [4.78, 5) is 13.3. The van der Waals surface area contributed by atoms with Gasteiger partial charge < -0.3 is 4.90 Å². The predicted octanol–water partition coefficient (Wildman–Crippen LogP) is 3.39. The lowest BCUT2D eigenvalue weighted by atomic mass is 10.1. The lowest BCUT2D eigenvalue weighted by molar-refractivity contribution is -0.137. The van der Waals surface area contributed by atoms with E-state index in [0.29, 0.717) is 0 Å². The molecule has 30 heavy (non-hydrogen) atoms. The molecule has 5 nitrogen and oxygen atoms in total. The smallest absolute Gasteiger partial charge is 0.337 e. The molecule has 10 heteroatoms. The SMILES string of the molecule is O=C(/C=C/c1cccc(C(F)(F)F)c1)N1CCN(S(=O)(=O)c2ccccc2F)CC1. The summed E-state index contributed by atoms with van der Waals surface area (Å²) in [5.41, 5.74) is -0.594. The van der Waals surface area contributed by atoms with Gasteiger partial charge in [-0.05, 0) is 35.9 Å². The number of alkyl halides is 3. The first kappa shape index (κ1) is 22.0. The minimum absolute atomic E-state index is 0.0141. The number of rotatable bonds is 4. The molecule has 1 aliphatic rings. The summed E-state index contributed by atoms with van der Waals surface area (Å²) in [6.07, 6.45) is -2.05. The van der Waals surface area contributed by atoms with Crippen LogP contribution in [0.15, 0.2) is 59.5 Å². The lowest BCUT2D eigenvalue weighted by Crippen LogP contribution is -2.50. The van der Waals surface area contributed by atoms with Crippen LogP contribution in [0.4, 0.5) is 17.6 Å². The van der Waals surface area contributed by atoms with Gasteiger partial charge in [-0.25, -0.2) is 12.8 Å². The Morgan fingerprint density at radius 2 is 1.63 bits per heavy atom. The molecule has 0 bridgehead atoms. The van der Waals surface area contributed by atoms with Crippen molar-refractivity contribution in [3.8, 4) is 0 Å². The van der Waals surface area contributed by atoms with Gasteiger partial charge in [-0.2, -0.15) is 17.5 Å². The van der Waals surface area contributed by atoms with E-state index in [9.17, 15) is 30.8 Å². The van der Waals surface area contributed by atoms with E-state index in [2.05, 4.69) is 0 Å². The molecule has 1 heterocycles. The van der Waals surface area contributed by atoms with Crippen molar-refractivity contribution in [2.24, 2.45) is 0 Å². The van der Waals surface area contributed by atoms with Crippen molar-refractivity contribution < 1.29 is 30.8 Å². The Labute approximate surface area is 171 Å². The molecule has 0 atom stereocenters. The average Bonchev–Trinajstić information content (AvgIpc) is 2.72. The van der Waals surface area contributed by atoms with E-state index in [4.69, 9.17) is 0 Å². The van der Waals surface area contributed by atoms with Crippen LogP contribution in [0.1, 0.15) is 11.1 Å². The third-order valence-electron chi connectivity index (χ3n) is 4.64. The molecule has 2 aromatic carbocycles. The van der Waals surface area contributed by atoms with Crippen molar-refractivity contribution >= 4 is 22.0 Å². The van der Waals surface area contributed by atoms with Gasteiger partial charge >= 0.3 is 6.18 Å². The van der Waals surface area contributed by atoms with Crippen molar-refractivity contribution in [1.29, 1.82) is 0 Å². The normalized spacial score (nSPS) is 16.2. The van der Waals surface area contributed by atoms with E-state index in [-0.39, 0.29) is 31.7 Å². The van der Waals surface area contributed by atoms with Crippen LogP contribution in [-0.4, -0.2) is 49.7 Å². The molecule has 1 amide bonds. The monoisotopic (exact) mass is 442 g/mol. The maximum atomic E-state index is 13.9. The molecule has 1 fully saturated rings. The standard InChI is InChI=1S/C20H18F4N2O3S/c21-17-6-1-2-7-18(17)30(28,29)26-12-10-25(11-13-26)19(27)9-8-15-4-3-5-16(14-15)20(22,23)24/h1-9,14H,10-13H2/b9-8+. The highest BCUT2D eigenvalue weighted by molar-refractivity contribution is 7.89. The first-order chi connectivity index (χ1) is 14.1. The molecular formula is C20H18F4N2O3S. The van der Waals surface area contributed by atoms with Gasteiger partial charge in [0.1, 0.15) is 10.7 Å². The molecule has 0 N–H and O–H groups in total. The summed E-state index contributed by atoms with van der Waals surface area (Å²) in [6, 6.07) is 9.62. The van der Waals surface area contributed by atoms with Gasteiger partial charge in [-0.15, -0.1) is 0 Å². The molecule has 0 spiro atoms. The van der Waals surface area contributed by atoms with E-state index < -0.39 is 38.4 Å². The zero-order valence-electron chi connectivity index (χ0n) is 15.6. The largest absolute Gasteiger partial charge is 0.416 e. The van der Waals surface area contributed by atoms with Crippen LogP contribution in [-0.2, 0) is 21.0 Å². The number of piperazine rings is 1. The number of halogens is 4. The summed E-state index contributed by atoms with van der Waals surface area (Å²) in [5.74, 6) is -1.30. The maximum absolute atomic E-state index is 13.9. The van der Waals surface area contributed by atoms with E-state index in [1.165, 1.54) is 41.3 Å². The fraction of sp³-hybridized carbons (Fsp3) is 0.250. The molecule has 0 radical (unpaired) electrons. The van der Waals surface area contributed by atoms with Crippen LogP contribution < -0.4 is 0 Å². The van der Waals surface area contributed by atoms with Gasteiger partial charge in [0.25, 0.3) is 0 Å². The Balaban J connectivity index is 1.63. The highest BCUT2D eigenvalue weighted by atomic mass is 32.2. The topological polar surface area (TPSA) is 57.7 Å². The third kappa shape index (κ3) is 4.88. The van der Waals surface area contributed by atoms with Crippen LogP contribution in [0.3, 0.4) is 0 Å². The summed E-state index contributed by atoms with van der Waals surface area (Å²) in [6.45, 7) is 0.137. The van der Waals surface area contributed by atoms with Gasteiger partial charge in [0.2, 0.25) is 15.9 Å². The van der Waals surface area contributed by atoms with Crippen molar-refractivity contribution in [2.75, 3.05) is 26.2 Å². The second kappa shape index (κ2) is 8.57. The van der Waals surface area contributed by atoms with Gasteiger partial charge in [0.05, 0.1) is 5.56 Å². The van der Waals surface area contributed by atoms with Gasteiger partial charge in [0, 0.05) is 32.3 Å². The number of amides is 1. The van der Waals surface area contributed by atoms with Crippen molar-refractivity contribution in [1.82, 2.24) is 9.21 Å². The zero-order chi connectivity index (χ0) is 21.9. The highest BCUT2D eigenvalue weighted by Crippen LogP contribution is 2.29. The third-order valence-corrected chi connectivity index (χ3v) is 6.57. The van der Waals surface area contributed by atoms with Crippen LogP contribution in [0.5, 0.6) is 0 Å². The van der Waals surface area contributed by atoms with E-state index in [1.54, 1.807) is 0 Å². The Morgan fingerprint density at radius 3 is 2.27 bits per heavy atom. The Hall–Kier alpha value is -2.72. The van der Waals surface area contributed by atoms with Crippen molar-refractivity contribution in [3.63, 3.8) is 0 Å². The van der Waals surface area contributed by atoms with Gasteiger partial charge in [0.15, 0.2) is 0 Å². The Morgan fingerprint density at radius 1 is 0.967 bits per heavy atom. The minimum atomic E-state index is -4.48. The predicted molar refractivity (Wildman–Crippen MR) is 102 cm³/mol. The molecule has 3 rings (SSSR count). The van der Waals surface area contributed by atoms with Crippen LogP contribution in [0, 0.1) is 5.82 Å². The second-order valence-electron chi connectivity index (χ2n) is 6.62. The summed E-state index contributed by atoms with van der Waals surface area (Å²) in [7, 11) is -4.02. The molecule has 0 unspecified atom stereocenters. The highest BCUT2D eigenvalue weighted by Gasteiger charge is 2.32. The molecule has 1 aliphatic heterocycles. The molecule has 0 saturated carbocycles. The summed E-state index contributed by atoms with van der Waals surface area (Å²) < 4.78 is 78.4. The van der Waals surface area contributed by atoms with Crippen LogP contribution in [0.2, 0.25) is 0 Å².